The number of aryl methyl sites for hydroxylation is 2. The van der Waals surface area contributed by atoms with E-state index in [4.69, 9.17) is 21.7 Å². The van der Waals surface area contributed by atoms with Crippen LogP contribution < -0.4 is 4.90 Å². The first kappa shape index (κ1) is 21.9. The Morgan fingerprint density at radius 2 is 2.03 bits per heavy atom. The summed E-state index contributed by atoms with van der Waals surface area (Å²) in [5.74, 6) is 0.784. The zero-order valence-corrected chi connectivity index (χ0v) is 21.8. The zero-order chi connectivity index (χ0) is 24.8. The fraction of sp³-hybridized carbons (Fsp3) is 0.345. The molecule has 1 aromatic carbocycles. The number of H-pyrrole nitrogens is 1. The van der Waals surface area contributed by atoms with E-state index in [-0.39, 0.29) is 5.41 Å². The summed E-state index contributed by atoms with van der Waals surface area (Å²) in [6, 6.07) is 10.8. The number of nitrogens with zero attached hydrogens (tertiary/aromatic N) is 5. The van der Waals surface area contributed by atoms with Crippen LogP contribution >= 0.6 is 11.6 Å². The van der Waals surface area contributed by atoms with Crippen molar-refractivity contribution in [1.29, 1.82) is 0 Å². The molecule has 2 aliphatic heterocycles. The lowest BCUT2D eigenvalue weighted by Crippen LogP contribution is -2.41. The summed E-state index contributed by atoms with van der Waals surface area (Å²) in [6.45, 7) is 10.2. The maximum atomic E-state index is 7.17. The molecule has 4 aromatic rings. The number of para-hydroxylation sites is 1. The average Bonchev–Trinajstić information content (AvgIpc) is 3.52. The largest absolute Gasteiger partial charge is 0.363 e. The highest BCUT2D eigenvalue weighted by atomic mass is 35.5. The van der Waals surface area contributed by atoms with E-state index in [0.717, 1.165) is 43.3 Å². The summed E-state index contributed by atoms with van der Waals surface area (Å²) in [7, 11) is 0. The first-order valence-corrected chi connectivity index (χ1v) is 13.1. The highest BCUT2D eigenvalue weighted by Gasteiger charge is 2.51. The zero-order valence-electron chi connectivity index (χ0n) is 21.1. The number of hydrogen-bond donors (Lipinski definition) is 1. The molecule has 2 unspecified atom stereocenters. The minimum atomic E-state index is -0.614. The molecule has 0 spiro atoms. The van der Waals surface area contributed by atoms with Crippen molar-refractivity contribution in [2.45, 2.75) is 57.4 Å². The minimum absolute atomic E-state index is 0.389. The number of alkyl halides is 1. The van der Waals surface area contributed by atoms with E-state index in [1.165, 1.54) is 44.9 Å². The van der Waals surface area contributed by atoms with Crippen LogP contribution in [-0.2, 0) is 29.7 Å². The predicted molar refractivity (Wildman–Crippen MR) is 143 cm³/mol. The van der Waals surface area contributed by atoms with Gasteiger partial charge in [-0.1, -0.05) is 31.2 Å². The van der Waals surface area contributed by atoms with Crippen molar-refractivity contribution >= 4 is 23.1 Å². The highest BCUT2D eigenvalue weighted by Crippen LogP contribution is 2.58. The lowest BCUT2D eigenvalue weighted by atomic mass is 9.63. The van der Waals surface area contributed by atoms with Gasteiger partial charge in [0.25, 0.3) is 0 Å². The fourth-order valence-electron chi connectivity index (χ4n) is 6.58. The molecule has 6 nitrogen and oxygen atoms in total. The van der Waals surface area contributed by atoms with Crippen molar-refractivity contribution in [3.8, 4) is 5.69 Å². The maximum Gasteiger partial charge on any atom is 0.225 e. The number of fused-ring (bicyclic) bond motifs is 10. The monoisotopic (exact) mass is 496 g/mol. The molecule has 0 radical (unpaired) electrons. The van der Waals surface area contributed by atoms with Crippen molar-refractivity contribution in [1.82, 2.24) is 24.7 Å². The Labute approximate surface area is 216 Å². The standard InChI is InChI=1S/C29H29ClN6/c1-5-18-7-6-8-19-22-15-28(3,30)25-21(10-13-31-25)29(22,4)26-20-16-35(27-32-12-9-17(2)33-27)14-11-23(20)34-36(26)24(18)19/h6-10,12-13,15,31H,5,11,14,16H2,1-4H3. The van der Waals surface area contributed by atoms with Gasteiger partial charge in [0.1, 0.15) is 4.87 Å². The first-order valence-electron chi connectivity index (χ1n) is 12.7. The number of benzene rings is 1. The Morgan fingerprint density at radius 3 is 2.83 bits per heavy atom. The molecule has 0 fully saturated rings. The maximum absolute atomic E-state index is 7.17. The van der Waals surface area contributed by atoms with Gasteiger partial charge in [0.15, 0.2) is 0 Å². The van der Waals surface area contributed by atoms with Gasteiger partial charge in [-0.25, -0.2) is 14.6 Å². The Kier molecular flexibility index (Phi) is 4.45. The number of nitrogens with one attached hydrogen (secondary N) is 1. The third-order valence-electron chi connectivity index (χ3n) is 8.30. The van der Waals surface area contributed by atoms with Crippen LogP contribution in [-0.4, -0.2) is 31.3 Å². The van der Waals surface area contributed by atoms with Gasteiger partial charge in [-0.2, -0.15) is 5.10 Å². The summed E-state index contributed by atoms with van der Waals surface area (Å²) in [6.07, 6.45) is 7.93. The molecule has 36 heavy (non-hydrogen) atoms. The lowest BCUT2D eigenvalue weighted by molar-refractivity contribution is 0.598. The molecule has 182 valence electrons. The van der Waals surface area contributed by atoms with Crippen molar-refractivity contribution in [3.63, 3.8) is 0 Å². The summed E-state index contributed by atoms with van der Waals surface area (Å²) < 4.78 is 2.25. The molecular formula is C29H29ClN6. The molecule has 1 N–H and O–H groups in total. The third kappa shape index (κ3) is 2.76. The highest BCUT2D eigenvalue weighted by molar-refractivity contribution is 6.26. The molecule has 2 atom stereocenters. The average molecular weight is 497 g/mol. The van der Waals surface area contributed by atoms with Gasteiger partial charge < -0.3 is 9.88 Å². The van der Waals surface area contributed by atoms with Gasteiger partial charge in [0, 0.05) is 54.4 Å². The Bertz CT molecular complexity index is 1570. The van der Waals surface area contributed by atoms with Crippen LogP contribution in [0.3, 0.4) is 0 Å². The molecule has 0 saturated carbocycles. The second-order valence-electron chi connectivity index (χ2n) is 10.5. The van der Waals surface area contributed by atoms with Crippen molar-refractivity contribution < 1.29 is 0 Å². The number of hydrogen-bond acceptors (Lipinski definition) is 4. The van der Waals surface area contributed by atoms with Gasteiger partial charge in [-0.15, -0.1) is 11.6 Å². The molecule has 7 rings (SSSR count). The SMILES string of the molecule is CCc1cccc2c1-n1nc3c(c1C1(C)C2=CC(C)(Cl)c2[nH]ccc21)CN(c1nccc(C)n1)CC3. The quantitative estimate of drug-likeness (QED) is 0.367. The Morgan fingerprint density at radius 1 is 1.17 bits per heavy atom. The summed E-state index contributed by atoms with van der Waals surface area (Å²) in [5, 5.41) is 5.30. The molecule has 0 bridgehead atoms. The normalized spacial score (nSPS) is 23.8. The second-order valence-corrected chi connectivity index (χ2v) is 11.3. The lowest BCUT2D eigenvalue weighted by Gasteiger charge is -2.45. The molecule has 3 aliphatic rings. The number of rotatable bonds is 2. The summed E-state index contributed by atoms with van der Waals surface area (Å²) >= 11 is 7.17. The van der Waals surface area contributed by atoms with E-state index in [2.05, 4.69) is 70.7 Å². The van der Waals surface area contributed by atoms with Gasteiger partial charge in [-0.3, -0.25) is 0 Å². The number of aromatic amines is 1. The van der Waals surface area contributed by atoms with Crippen LogP contribution in [0.5, 0.6) is 0 Å². The summed E-state index contributed by atoms with van der Waals surface area (Å²) in [4.78, 5) is 14.5. The Balaban J connectivity index is 1.52. The van der Waals surface area contributed by atoms with E-state index >= 15 is 0 Å². The number of anilines is 1. The van der Waals surface area contributed by atoms with Crippen LogP contribution in [0.1, 0.15) is 65.8 Å². The molecule has 0 amide bonds. The number of aromatic nitrogens is 5. The third-order valence-corrected chi connectivity index (χ3v) is 8.60. The summed E-state index contributed by atoms with van der Waals surface area (Å²) in [5.41, 5.74) is 11.5. The van der Waals surface area contributed by atoms with Gasteiger partial charge >= 0.3 is 0 Å². The molecule has 5 heterocycles. The topological polar surface area (TPSA) is 62.6 Å². The number of halogens is 1. The molecular weight excluding hydrogens is 468 g/mol. The smallest absolute Gasteiger partial charge is 0.225 e. The fourth-order valence-corrected chi connectivity index (χ4v) is 6.84. The molecule has 0 saturated heterocycles. The number of allylic oxidation sites excluding steroid dienone is 2. The van der Waals surface area contributed by atoms with Gasteiger partial charge in [-0.05, 0) is 56.0 Å². The molecule has 7 heteroatoms. The van der Waals surface area contributed by atoms with E-state index < -0.39 is 4.87 Å². The second kappa shape index (κ2) is 7.32. The Hall–Kier alpha value is -3.38. The molecule has 3 aromatic heterocycles. The van der Waals surface area contributed by atoms with Crippen LogP contribution in [0.15, 0.2) is 48.8 Å². The van der Waals surface area contributed by atoms with Crippen molar-refractivity contribution in [3.05, 3.63) is 93.8 Å². The minimum Gasteiger partial charge on any atom is -0.363 e. The first-order chi connectivity index (χ1) is 17.3. The van der Waals surface area contributed by atoms with Crippen molar-refractivity contribution in [2.24, 2.45) is 0 Å². The van der Waals surface area contributed by atoms with Gasteiger partial charge in [0.2, 0.25) is 5.95 Å². The van der Waals surface area contributed by atoms with E-state index in [9.17, 15) is 0 Å². The van der Waals surface area contributed by atoms with Crippen LogP contribution in [0.2, 0.25) is 0 Å². The van der Waals surface area contributed by atoms with E-state index in [1.54, 1.807) is 0 Å². The van der Waals surface area contributed by atoms with Gasteiger partial charge in [0.05, 0.1) is 22.5 Å². The predicted octanol–water partition coefficient (Wildman–Crippen LogP) is 5.59. The van der Waals surface area contributed by atoms with E-state index in [1.807, 2.05) is 25.4 Å². The van der Waals surface area contributed by atoms with Crippen LogP contribution in [0.4, 0.5) is 5.95 Å². The molecule has 1 aliphatic carbocycles. The van der Waals surface area contributed by atoms with Crippen molar-refractivity contribution in [2.75, 3.05) is 11.4 Å². The van der Waals surface area contributed by atoms with E-state index in [0.29, 0.717) is 0 Å². The van der Waals surface area contributed by atoms with Crippen LogP contribution in [0.25, 0.3) is 11.3 Å². The van der Waals surface area contributed by atoms with Crippen LogP contribution in [0, 0.1) is 6.92 Å².